The first-order chi connectivity index (χ1) is 8.45. The number of nitrogens with zero attached hydrogens (tertiary/aromatic N) is 3. The summed E-state index contributed by atoms with van der Waals surface area (Å²) in [5, 5.41) is 18.4. The second kappa shape index (κ2) is 6.36. The van der Waals surface area contributed by atoms with Crippen LogP contribution in [0.4, 0.5) is 5.13 Å². The lowest BCUT2D eigenvalue weighted by molar-refractivity contribution is 0.0701. The Balaban J connectivity index is 2.94. The van der Waals surface area contributed by atoms with E-state index in [0.717, 1.165) is 6.54 Å². The summed E-state index contributed by atoms with van der Waals surface area (Å²) in [6.07, 6.45) is 0.410. The van der Waals surface area contributed by atoms with Crippen molar-refractivity contribution < 1.29 is 9.90 Å². The Bertz CT molecular complexity index is 462. The lowest BCUT2D eigenvalue weighted by Crippen LogP contribution is -2.28. The summed E-state index contributed by atoms with van der Waals surface area (Å²) in [6.45, 7) is 7.21. The molecule has 1 rings (SSSR count). The number of carboxylic acid groups (broad SMARTS) is 1. The summed E-state index contributed by atoms with van der Waals surface area (Å²) in [7, 11) is 0. The van der Waals surface area contributed by atoms with Crippen molar-refractivity contribution in [3.05, 3.63) is 10.6 Å². The molecule has 0 aliphatic rings. The Labute approximate surface area is 111 Å². The van der Waals surface area contributed by atoms with Crippen molar-refractivity contribution >= 4 is 22.4 Å². The monoisotopic (exact) mass is 267 g/mol. The molecule has 1 N–H and O–H groups in total. The molecule has 1 aromatic rings. The molecule has 0 aliphatic carbocycles. The third kappa shape index (κ3) is 3.70. The molecule has 0 bridgehead atoms. The number of hydrogen-bond donors (Lipinski definition) is 1. The molecule has 1 heterocycles. The van der Waals surface area contributed by atoms with Crippen LogP contribution in [0.25, 0.3) is 0 Å². The summed E-state index contributed by atoms with van der Waals surface area (Å²) in [5.74, 6) is -0.512. The Morgan fingerprint density at radius 3 is 2.72 bits per heavy atom. The Morgan fingerprint density at radius 1 is 1.61 bits per heavy atom. The van der Waals surface area contributed by atoms with E-state index in [4.69, 9.17) is 10.4 Å². The summed E-state index contributed by atoms with van der Waals surface area (Å²) in [6, 6.07) is 2.10. The Hall–Kier alpha value is -1.61. The van der Waals surface area contributed by atoms with Gasteiger partial charge in [0, 0.05) is 13.1 Å². The SMILES string of the molecule is Cc1nc(N(CCC#N)CC(C)C)sc1C(=O)O. The van der Waals surface area contributed by atoms with Crippen molar-refractivity contribution in [2.45, 2.75) is 27.2 Å². The van der Waals surface area contributed by atoms with Gasteiger partial charge >= 0.3 is 5.97 Å². The predicted octanol–water partition coefficient (Wildman–Crippen LogP) is 2.53. The van der Waals surface area contributed by atoms with Crippen LogP contribution in [0.15, 0.2) is 0 Å². The summed E-state index contributed by atoms with van der Waals surface area (Å²) < 4.78 is 0. The molecule has 18 heavy (non-hydrogen) atoms. The van der Waals surface area contributed by atoms with Gasteiger partial charge in [0.2, 0.25) is 0 Å². The van der Waals surface area contributed by atoms with Gasteiger partial charge in [0.25, 0.3) is 0 Å². The second-order valence-corrected chi connectivity index (χ2v) is 5.44. The van der Waals surface area contributed by atoms with E-state index in [2.05, 4.69) is 24.9 Å². The fourth-order valence-electron chi connectivity index (χ4n) is 1.61. The summed E-state index contributed by atoms with van der Waals surface area (Å²) in [4.78, 5) is 17.5. The maximum Gasteiger partial charge on any atom is 0.347 e. The Kier molecular flexibility index (Phi) is 5.10. The minimum absolute atomic E-state index is 0.274. The molecule has 0 aromatic carbocycles. The van der Waals surface area contributed by atoms with E-state index in [0.29, 0.717) is 29.7 Å². The fraction of sp³-hybridized carbons (Fsp3) is 0.583. The van der Waals surface area contributed by atoms with Gasteiger partial charge in [-0.15, -0.1) is 0 Å². The Morgan fingerprint density at radius 2 is 2.28 bits per heavy atom. The first-order valence-corrected chi connectivity index (χ1v) is 6.60. The smallest absolute Gasteiger partial charge is 0.347 e. The molecule has 0 amide bonds. The van der Waals surface area contributed by atoms with Gasteiger partial charge in [-0.25, -0.2) is 9.78 Å². The molecule has 6 heteroatoms. The minimum Gasteiger partial charge on any atom is -0.477 e. The van der Waals surface area contributed by atoms with E-state index < -0.39 is 5.97 Å². The number of thiazole rings is 1. The molecule has 0 spiro atoms. The van der Waals surface area contributed by atoms with Crippen molar-refractivity contribution in [3.63, 3.8) is 0 Å². The lowest BCUT2D eigenvalue weighted by Gasteiger charge is -2.22. The van der Waals surface area contributed by atoms with Crippen LogP contribution in [0, 0.1) is 24.2 Å². The van der Waals surface area contributed by atoms with Gasteiger partial charge in [0.15, 0.2) is 5.13 Å². The summed E-state index contributed by atoms with van der Waals surface area (Å²) in [5.41, 5.74) is 0.535. The first-order valence-electron chi connectivity index (χ1n) is 5.78. The van der Waals surface area contributed by atoms with E-state index in [9.17, 15) is 4.79 Å². The highest BCUT2D eigenvalue weighted by atomic mass is 32.1. The lowest BCUT2D eigenvalue weighted by atomic mass is 10.2. The highest BCUT2D eigenvalue weighted by molar-refractivity contribution is 7.17. The zero-order chi connectivity index (χ0) is 13.7. The molecule has 0 aliphatic heterocycles. The molecule has 5 nitrogen and oxygen atoms in total. The minimum atomic E-state index is -0.943. The molecular formula is C12H17N3O2S. The largest absolute Gasteiger partial charge is 0.477 e. The van der Waals surface area contributed by atoms with Crippen molar-refractivity contribution in [2.75, 3.05) is 18.0 Å². The predicted molar refractivity (Wildman–Crippen MR) is 71.1 cm³/mol. The van der Waals surface area contributed by atoms with Crippen LogP contribution in [-0.2, 0) is 0 Å². The number of rotatable bonds is 6. The molecule has 1 aromatic heterocycles. The van der Waals surface area contributed by atoms with Crippen molar-refractivity contribution in [1.82, 2.24) is 4.98 Å². The van der Waals surface area contributed by atoms with E-state index in [1.807, 2.05) is 4.90 Å². The molecule has 0 saturated heterocycles. The number of carbonyl (C=O) groups is 1. The summed E-state index contributed by atoms with van der Waals surface area (Å²) >= 11 is 1.17. The average Bonchev–Trinajstić information content (AvgIpc) is 2.66. The van der Waals surface area contributed by atoms with E-state index >= 15 is 0 Å². The van der Waals surface area contributed by atoms with Crippen molar-refractivity contribution in [3.8, 4) is 6.07 Å². The molecule has 0 fully saturated rings. The average molecular weight is 267 g/mol. The van der Waals surface area contributed by atoms with Crippen LogP contribution in [0.1, 0.15) is 35.6 Å². The van der Waals surface area contributed by atoms with Gasteiger partial charge in [-0.1, -0.05) is 25.2 Å². The van der Waals surface area contributed by atoms with Crippen LogP contribution >= 0.6 is 11.3 Å². The van der Waals surface area contributed by atoms with Gasteiger partial charge in [0.1, 0.15) is 4.88 Å². The number of carboxylic acids is 1. The van der Waals surface area contributed by atoms with Gasteiger partial charge < -0.3 is 10.0 Å². The van der Waals surface area contributed by atoms with Gasteiger partial charge in [0.05, 0.1) is 18.2 Å². The number of hydrogen-bond acceptors (Lipinski definition) is 5. The van der Waals surface area contributed by atoms with E-state index in [1.165, 1.54) is 11.3 Å². The van der Waals surface area contributed by atoms with Crippen LogP contribution in [0.5, 0.6) is 0 Å². The van der Waals surface area contributed by atoms with Crippen molar-refractivity contribution in [1.29, 1.82) is 5.26 Å². The van der Waals surface area contributed by atoms with Crippen LogP contribution in [0.3, 0.4) is 0 Å². The molecule has 98 valence electrons. The number of anilines is 1. The quantitative estimate of drug-likeness (QED) is 0.857. The van der Waals surface area contributed by atoms with E-state index in [1.54, 1.807) is 6.92 Å². The zero-order valence-corrected chi connectivity index (χ0v) is 11.6. The molecular weight excluding hydrogens is 250 g/mol. The highest BCUT2D eigenvalue weighted by Crippen LogP contribution is 2.26. The number of aromatic nitrogens is 1. The first kappa shape index (κ1) is 14.5. The van der Waals surface area contributed by atoms with Crippen molar-refractivity contribution in [2.24, 2.45) is 5.92 Å². The van der Waals surface area contributed by atoms with Gasteiger partial charge in [-0.05, 0) is 12.8 Å². The fourth-order valence-corrected chi connectivity index (χ4v) is 2.55. The van der Waals surface area contributed by atoms with Gasteiger partial charge in [-0.2, -0.15) is 5.26 Å². The third-order valence-electron chi connectivity index (χ3n) is 2.33. The van der Waals surface area contributed by atoms with Crippen LogP contribution < -0.4 is 4.90 Å². The van der Waals surface area contributed by atoms with E-state index in [-0.39, 0.29) is 4.88 Å². The topological polar surface area (TPSA) is 77.2 Å². The number of nitriles is 1. The zero-order valence-electron chi connectivity index (χ0n) is 10.8. The standard InChI is InChI=1S/C12H17N3O2S/c1-8(2)7-15(6-4-5-13)12-14-9(3)10(18-12)11(16)17/h8H,4,6-7H2,1-3H3,(H,16,17). The molecule has 0 radical (unpaired) electrons. The highest BCUT2D eigenvalue weighted by Gasteiger charge is 2.18. The van der Waals surface area contributed by atoms with Gasteiger partial charge in [-0.3, -0.25) is 0 Å². The third-order valence-corrected chi connectivity index (χ3v) is 3.54. The maximum absolute atomic E-state index is 11.0. The number of aryl methyl sites for hydroxylation is 1. The molecule has 0 saturated carbocycles. The maximum atomic E-state index is 11.0. The van der Waals surface area contributed by atoms with Crippen LogP contribution in [0.2, 0.25) is 0 Å². The number of aromatic carboxylic acids is 1. The molecule has 0 unspecified atom stereocenters. The second-order valence-electron chi connectivity index (χ2n) is 4.46. The molecule has 0 atom stereocenters. The van der Waals surface area contributed by atoms with Crippen LogP contribution in [-0.4, -0.2) is 29.1 Å². The normalized spacial score (nSPS) is 10.4.